The molecule has 1 atom stereocenters. The number of pyridine rings is 1. The first-order valence-corrected chi connectivity index (χ1v) is 7.61. The van der Waals surface area contributed by atoms with Crippen molar-refractivity contribution >= 4 is 40.8 Å². The second-order valence-electron chi connectivity index (χ2n) is 4.89. The molecule has 21 heavy (non-hydrogen) atoms. The smallest absolute Gasteiger partial charge is 0.142 e. The normalized spacial score (nSPS) is 23.6. The van der Waals surface area contributed by atoms with Gasteiger partial charge >= 0.3 is 0 Å². The zero-order chi connectivity index (χ0) is 15.3. The van der Waals surface area contributed by atoms with Gasteiger partial charge in [0.25, 0.3) is 0 Å². The van der Waals surface area contributed by atoms with Gasteiger partial charge < -0.3 is 0 Å². The van der Waals surface area contributed by atoms with Crippen LogP contribution in [0.15, 0.2) is 47.3 Å². The van der Waals surface area contributed by atoms with Crippen LogP contribution in [0.3, 0.4) is 0 Å². The lowest BCUT2D eigenvalue weighted by atomic mass is 9.61. The summed E-state index contributed by atoms with van der Waals surface area (Å²) >= 11 is 10.2. The van der Waals surface area contributed by atoms with Crippen molar-refractivity contribution in [3.8, 4) is 0 Å². The summed E-state index contributed by atoms with van der Waals surface area (Å²) in [5.74, 6) is 0. The summed E-state index contributed by atoms with van der Waals surface area (Å²) in [5, 5.41) is 5.71. The average molecular weight is 313 g/mol. The minimum atomic E-state index is -0.476. The fourth-order valence-corrected chi connectivity index (χ4v) is 3.63. The molecule has 0 amide bonds. The lowest BCUT2D eigenvalue weighted by molar-refractivity contribution is -0.104. The molecule has 1 fully saturated rings. The number of carbonyl (C=O) groups excluding carboxylic acids is 1. The lowest BCUT2D eigenvalue weighted by Gasteiger charge is -2.41. The minimum absolute atomic E-state index is 0.476. The fourth-order valence-electron chi connectivity index (χ4n) is 3.13. The molecule has 0 bridgehead atoms. The van der Waals surface area contributed by atoms with Crippen LogP contribution in [0.1, 0.15) is 31.7 Å². The molecule has 2 rings (SSSR count). The maximum Gasteiger partial charge on any atom is 0.142 e. The van der Waals surface area contributed by atoms with Gasteiger partial charge in [-0.05, 0) is 71.4 Å². The molecule has 4 heteroatoms. The minimum Gasteiger partial charge on any atom is -0.299 e. The van der Waals surface area contributed by atoms with Crippen molar-refractivity contribution in [2.45, 2.75) is 31.6 Å². The highest BCUT2D eigenvalue weighted by Crippen LogP contribution is 2.49. The van der Waals surface area contributed by atoms with E-state index in [0.717, 1.165) is 47.8 Å². The average Bonchev–Trinajstić information content (AvgIpc) is 2.55. The molecule has 1 aliphatic carbocycles. The quantitative estimate of drug-likeness (QED) is 0.483. The Kier molecular flexibility index (Phi) is 5.11. The molecule has 1 aromatic rings. The van der Waals surface area contributed by atoms with Gasteiger partial charge in [0.15, 0.2) is 0 Å². The molecule has 1 aliphatic rings. The van der Waals surface area contributed by atoms with Crippen molar-refractivity contribution in [2.24, 2.45) is 0 Å². The van der Waals surface area contributed by atoms with Gasteiger partial charge in [-0.2, -0.15) is 0 Å². The molecule has 0 saturated heterocycles. The molecule has 0 N–H and O–H groups in total. The molecule has 1 heterocycles. The van der Waals surface area contributed by atoms with Crippen LogP contribution in [-0.2, 0) is 10.2 Å². The van der Waals surface area contributed by atoms with E-state index in [1.807, 2.05) is 18.3 Å². The van der Waals surface area contributed by atoms with Crippen molar-refractivity contribution < 1.29 is 4.79 Å². The second-order valence-corrected chi connectivity index (χ2v) is 5.29. The van der Waals surface area contributed by atoms with E-state index in [4.69, 9.17) is 24.4 Å². The second kappa shape index (κ2) is 6.84. The third-order valence-electron chi connectivity index (χ3n) is 4.10. The van der Waals surface area contributed by atoms with Gasteiger partial charge in [-0.15, -0.1) is 0 Å². The Labute approximate surface area is 135 Å². The number of thiocarbonyl (C=S) groups is 2. The Balaban J connectivity index is 2.81. The Bertz CT molecular complexity index is 680. The molecule has 1 aromatic heterocycles. The van der Waals surface area contributed by atoms with Crippen LogP contribution < -0.4 is 0 Å². The summed E-state index contributed by atoms with van der Waals surface area (Å²) < 4.78 is 0. The Morgan fingerprint density at radius 2 is 2.19 bits per heavy atom. The zero-order valence-electron chi connectivity index (χ0n) is 11.8. The molecular weight excluding hydrogens is 298 g/mol. The van der Waals surface area contributed by atoms with Crippen molar-refractivity contribution in [3.63, 3.8) is 0 Å². The number of rotatable bonds is 3. The molecular formula is C17H15NOS2. The molecule has 1 saturated carbocycles. The van der Waals surface area contributed by atoms with E-state index in [-0.39, 0.29) is 0 Å². The van der Waals surface area contributed by atoms with E-state index in [9.17, 15) is 4.79 Å². The van der Waals surface area contributed by atoms with Crippen LogP contribution in [0.5, 0.6) is 0 Å². The maximum atomic E-state index is 11.1. The summed E-state index contributed by atoms with van der Waals surface area (Å²) in [6.45, 7) is 2.07. The van der Waals surface area contributed by atoms with E-state index < -0.39 is 5.41 Å². The summed E-state index contributed by atoms with van der Waals surface area (Å²) in [7, 11) is 0. The van der Waals surface area contributed by atoms with Crippen molar-refractivity contribution in [2.75, 3.05) is 0 Å². The van der Waals surface area contributed by atoms with Gasteiger partial charge in [0.05, 0.1) is 5.41 Å². The van der Waals surface area contributed by atoms with Gasteiger partial charge in [-0.1, -0.05) is 18.6 Å². The Morgan fingerprint density at radius 3 is 2.71 bits per heavy atom. The molecule has 106 valence electrons. The SMILES string of the molecule is CCC1(c2cccnc2)C(=C=S)C(=C=S)CCC1=CC=O. The number of carbonyl (C=O) groups is 1. The summed E-state index contributed by atoms with van der Waals surface area (Å²) in [5.41, 5.74) is 3.33. The number of aromatic nitrogens is 1. The number of hydrogen-bond donors (Lipinski definition) is 0. The highest BCUT2D eigenvalue weighted by atomic mass is 32.1. The van der Waals surface area contributed by atoms with E-state index in [1.54, 1.807) is 12.3 Å². The van der Waals surface area contributed by atoms with Crippen molar-refractivity contribution in [1.29, 1.82) is 0 Å². The first-order chi connectivity index (χ1) is 10.2. The lowest BCUT2D eigenvalue weighted by Crippen LogP contribution is -2.35. The standard InChI is InChI=1S/C17H15NOS2/c1-2-17(15-4-3-8-18-10-15)14(7-9-19)6-5-13(11-20)16(17)12-21/h3-4,7-10H,2,5-6H2,1H3. The van der Waals surface area contributed by atoms with Crippen molar-refractivity contribution in [1.82, 2.24) is 4.98 Å². The van der Waals surface area contributed by atoms with E-state index in [1.165, 1.54) is 0 Å². The first kappa shape index (κ1) is 15.7. The molecule has 0 aliphatic heterocycles. The van der Waals surface area contributed by atoms with Crippen LogP contribution >= 0.6 is 24.4 Å². The van der Waals surface area contributed by atoms with E-state index in [2.05, 4.69) is 22.0 Å². The number of allylic oxidation sites excluding steroid dienone is 4. The first-order valence-electron chi connectivity index (χ1n) is 6.79. The van der Waals surface area contributed by atoms with Gasteiger partial charge in [-0.3, -0.25) is 9.78 Å². The number of nitrogens with zero attached hydrogens (tertiary/aromatic N) is 1. The molecule has 2 nitrogen and oxygen atoms in total. The van der Waals surface area contributed by atoms with Crippen LogP contribution in [-0.4, -0.2) is 21.3 Å². The van der Waals surface area contributed by atoms with Crippen LogP contribution in [0, 0.1) is 0 Å². The third kappa shape index (κ3) is 2.59. The molecule has 1 unspecified atom stereocenters. The third-order valence-corrected chi connectivity index (χ3v) is 4.55. The molecule has 0 spiro atoms. The predicted molar refractivity (Wildman–Crippen MR) is 91.8 cm³/mol. The highest BCUT2D eigenvalue weighted by Gasteiger charge is 2.43. The number of hydrogen-bond acceptors (Lipinski definition) is 4. The maximum absolute atomic E-state index is 11.1. The van der Waals surface area contributed by atoms with Crippen LogP contribution in [0.4, 0.5) is 0 Å². The van der Waals surface area contributed by atoms with Crippen LogP contribution in [0.2, 0.25) is 0 Å². The highest BCUT2D eigenvalue weighted by molar-refractivity contribution is 7.78. The van der Waals surface area contributed by atoms with Gasteiger partial charge in [0, 0.05) is 23.5 Å². The largest absolute Gasteiger partial charge is 0.299 e. The fraction of sp³-hybridized carbons (Fsp3) is 0.294. The molecule has 0 radical (unpaired) electrons. The van der Waals surface area contributed by atoms with Crippen LogP contribution in [0.25, 0.3) is 0 Å². The summed E-state index contributed by atoms with van der Waals surface area (Å²) in [6, 6.07) is 3.90. The van der Waals surface area contributed by atoms with E-state index >= 15 is 0 Å². The topological polar surface area (TPSA) is 30.0 Å². The Morgan fingerprint density at radius 1 is 1.38 bits per heavy atom. The zero-order valence-corrected chi connectivity index (χ0v) is 13.4. The van der Waals surface area contributed by atoms with Gasteiger partial charge in [0.2, 0.25) is 0 Å². The summed E-state index contributed by atoms with van der Waals surface area (Å²) in [6.07, 6.45) is 8.30. The van der Waals surface area contributed by atoms with Gasteiger partial charge in [0.1, 0.15) is 6.29 Å². The Hall–Kier alpha value is -1.70. The van der Waals surface area contributed by atoms with Gasteiger partial charge in [-0.25, -0.2) is 0 Å². The predicted octanol–water partition coefficient (Wildman–Crippen LogP) is 3.70. The molecule has 0 aromatic carbocycles. The monoisotopic (exact) mass is 313 g/mol. The van der Waals surface area contributed by atoms with E-state index in [0.29, 0.717) is 0 Å². The number of aldehydes is 1. The van der Waals surface area contributed by atoms with Crippen molar-refractivity contribution in [3.05, 3.63) is 52.9 Å². The summed E-state index contributed by atoms with van der Waals surface area (Å²) in [4.78, 5) is 15.3.